The standard InChI is InChI=1S/K.2H2O4S.H2O.H/c;2*1-5(2,3)4;;/h;2*(H2,1,2,3,4);1H2;/q+1;;;;-1. The molecule has 0 bridgehead atoms. The Morgan fingerprint density at radius 2 is 0.750 bits per heavy atom. The van der Waals surface area contributed by atoms with E-state index in [9.17, 15) is 0 Å². The Hall–Kier alpha value is 1.34. The van der Waals surface area contributed by atoms with Crippen LogP contribution in [0.5, 0.6) is 0 Å². The van der Waals surface area contributed by atoms with Crippen molar-refractivity contribution in [1.82, 2.24) is 0 Å². The fourth-order valence-electron chi connectivity index (χ4n) is 0. The van der Waals surface area contributed by atoms with Crippen molar-refractivity contribution >= 4 is 20.8 Å². The van der Waals surface area contributed by atoms with Crippen LogP contribution >= 0.6 is 0 Å². The van der Waals surface area contributed by atoms with Crippen LogP contribution in [-0.2, 0) is 20.8 Å². The van der Waals surface area contributed by atoms with Gasteiger partial charge < -0.3 is 6.90 Å². The minimum atomic E-state index is -4.67. The van der Waals surface area contributed by atoms with Crippen molar-refractivity contribution in [2.75, 3.05) is 0 Å². The number of rotatable bonds is 0. The van der Waals surface area contributed by atoms with Gasteiger partial charge in [-0.15, -0.1) is 0 Å². The van der Waals surface area contributed by atoms with Gasteiger partial charge in [-0.1, -0.05) is 0 Å². The van der Waals surface area contributed by atoms with Gasteiger partial charge in [-0.25, -0.2) is 0 Å². The largest absolute Gasteiger partial charge is 1.00 e. The molecule has 0 fully saturated rings. The first-order valence-electron chi connectivity index (χ1n) is 1.40. The monoisotopic (exact) mass is 254 g/mol. The fraction of sp³-hybridized carbons (Fsp3) is 0. The van der Waals surface area contributed by atoms with Crippen LogP contribution in [0.3, 0.4) is 0 Å². The predicted octanol–water partition coefficient (Wildman–Crippen LogP) is -5.01. The van der Waals surface area contributed by atoms with Crippen LogP contribution in [0.4, 0.5) is 0 Å². The van der Waals surface area contributed by atoms with Gasteiger partial charge in [-0.05, 0) is 0 Å². The zero-order valence-electron chi connectivity index (χ0n) is 6.74. The average Bonchev–Trinajstić information content (AvgIpc) is 1.12. The summed E-state index contributed by atoms with van der Waals surface area (Å²) < 4.78 is 63.2. The summed E-state index contributed by atoms with van der Waals surface area (Å²) in [6.07, 6.45) is 0. The molecule has 0 atom stereocenters. The molecule has 0 aliphatic rings. The molecule has 0 rings (SSSR count). The third kappa shape index (κ3) is 678. The van der Waals surface area contributed by atoms with Gasteiger partial charge in [0.05, 0.1) is 0 Å². The molecule has 9 nitrogen and oxygen atoms in total. The van der Waals surface area contributed by atoms with Crippen molar-refractivity contribution in [3.8, 4) is 0 Å². The van der Waals surface area contributed by atoms with Gasteiger partial charge >= 0.3 is 72.2 Å². The van der Waals surface area contributed by atoms with Crippen LogP contribution in [0.25, 0.3) is 0 Å². The molecule has 12 heteroatoms. The normalized spacial score (nSPS) is 9.67. The Morgan fingerprint density at radius 1 is 0.750 bits per heavy atom. The maximum Gasteiger partial charge on any atom is 1.00 e. The summed E-state index contributed by atoms with van der Waals surface area (Å²) in [4.78, 5) is 0. The molecule has 0 radical (unpaired) electrons. The molecule has 0 aromatic carbocycles. The predicted molar refractivity (Wildman–Crippen MR) is 33.1 cm³/mol. The van der Waals surface area contributed by atoms with E-state index in [4.69, 9.17) is 35.0 Å². The molecule has 74 valence electrons. The van der Waals surface area contributed by atoms with Gasteiger partial charge in [0.15, 0.2) is 0 Å². The molecule has 0 heterocycles. The summed E-state index contributed by atoms with van der Waals surface area (Å²) in [6.45, 7) is 0. The Kier molecular flexibility index (Phi) is 17.3. The third-order valence-electron chi connectivity index (χ3n) is 0. The molecule has 0 aliphatic carbocycles. The van der Waals surface area contributed by atoms with E-state index >= 15 is 0 Å². The molecule has 0 saturated heterocycles. The van der Waals surface area contributed by atoms with Gasteiger partial charge in [-0.2, -0.15) is 16.8 Å². The molecule has 12 heavy (non-hydrogen) atoms. The number of hydrogen-bond acceptors (Lipinski definition) is 4. The van der Waals surface area contributed by atoms with Gasteiger partial charge in [-0.3, -0.25) is 18.2 Å². The van der Waals surface area contributed by atoms with Gasteiger partial charge in [0.1, 0.15) is 0 Å². The molecule has 0 aliphatic heterocycles. The van der Waals surface area contributed by atoms with Crippen LogP contribution in [0, 0.1) is 0 Å². The van der Waals surface area contributed by atoms with E-state index in [0.717, 1.165) is 0 Å². The van der Waals surface area contributed by atoms with Crippen LogP contribution in [0.15, 0.2) is 0 Å². The molecular formula is H7KO9S2. The molecule has 6 N–H and O–H groups in total. The van der Waals surface area contributed by atoms with E-state index in [0.29, 0.717) is 0 Å². The van der Waals surface area contributed by atoms with E-state index < -0.39 is 20.8 Å². The molecule has 0 saturated carbocycles. The van der Waals surface area contributed by atoms with Gasteiger partial charge in [0.25, 0.3) is 0 Å². The average molecular weight is 254 g/mol. The third-order valence-corrected chi connectivity index (χ3v) is 0. The molecule has 0 amide bonds. The van der Waals surface area contributed by atoms with E-state index in [2.05, 4.69) is 0 Å². The Balaban J connectivity index is -0.0000000267. The van der Waals surface area contributed by atoms with Crippen LogP contribution in [0.2, 0.25) is 0 Å². The topological polar surface area (TPSA) is 181 Å². The number of hydrogen-bond donors (Lipinski definition) is 4. The van der Waals surface area contributed by atoms with Crippen LogP contribution in [0.1, 0.15) is 1.43 Å². The van der Waals surface area contributed by atoms with Crippen molar-refractivity contribution in [2.24, 2.45) is 0 Å². The Bertz CT molecular complexity index is 214. The SMILES string of the molecule is O.O=S(=O)(O)O.O=S(=O)(O)O.[H-].[K+]. The van der Waals surface area contributed by atoms with E-state index in [-0.39, 0.29) is 58.3 Å². The smallest absolute Gasteiger partial charge is 1.00 e. The van der Waals surface area contributed by atoms with Crippen LogP contribution < -0.4 is 51.4 Å². The minimum Gasteiger partial charge on any atom is -1.00 e. The first-order valence-corrected chi connectivity index (χ1v) is 4.19. The Labute approximate surface area is 113 Å². The first kappa shape index (κ1) is 23.3. The second-order valence-electron chi connectivity index (χ2n) is 0.896. The maximum absolute atomic E-state index is 8.74. The van der Waals surface area contributed by atoms with Crippen molar-refractivity contribution in [3.05, 3.63) is 0 Å². The van der Waals surface area contributed by atoms with Gasteiger partial charge in [0, 0.05) is 0 Å². The van der Waals surface area contributed by atoms with Crippen molar-refractivity contribution < 1.29 is 93.3 Å². The molecule has 0 aromatic rings. The molecule has 0 aromatic heterocycles. The fourth-order valence-corrected chi connectivity index (χ4v) is 0. The molecule has 0 spiro atoms. The van der Waals surface area contributed by atoms with Crippen molar-refractivity contribution in [1.29, 1.82) is 0 Å². The summed E-state index contributed by atoms with van der Waals surface area (Å²) in [7, 11) is -9.33. The molecular weight excluding hydrogens is 247 g/mol. The minimum absolute atomic E-state index is 0. The van der Waals surface area contributed by atoms with E-state index in [1.54, 1.807) is 0 Å². The van der Waals surface area contributed by atoms with E-state index in [1.807, 2.05) is 0 Å². The zero-order chi connectivity index (χ0) is 9.00. The summed E-state index contributed by atoms with van der Waals surface area (Å²) in [5.41, 5.74) is 0. The quantitative estimate of drug-likeness (QED) is 0.245. The summed E-state index contributed by atoms with van der Waals surface area (Å²) in [5, 5.41) is 0. The first-order chi connectivity index (χ1) is 4.00. The van der Waals surface area contributed by atoms with Crippen LogP contribution in [-0.4, -0.2) is 40.5 Å². The summed E-state index contributed by atoms with van der Waals surface area (Å²) in [6, 6.07) is 0. The summed E-state index contributed by atoms with van der Waals surface area (Å²) >= 11 is 0. The second-order valence-corrected chi connectivity index (χ2v) is 2.69. The van der Waals surface area contributed by atoms with Gasteiger partial charge in [0.2, 0.25) is 0 Å². The summed E-state index contributed by atoms with van der Waals surface area (Å²) in [5.74, 6) is 0. The molecule has 0 unspecified atom stereocenters. The van der Waals surface area contributed by atoms with E-state index in [1.165, 1.54) is 0 Å². The zero-order valence-corrected chi connectivity index (χ0v) is 10.5. The second kappa shape index (κ2) is 8.91. The van der Waals surface area contributed by atoms with Crippen molar-refractivity contribution in [3.63, 3.8) is 0 Å². The maximum atomic E-state index is 8.74. The van der Waals surface area contributed by atoms with Crippen molar-refractivity contribution in [2.45, 2.75) is 0 Å². The Morgan fingerprint density at radius 3 is 0.750 bits per heavy atom.